The van der Waals surface area contributed by atoms with Crippen molar-refractivity contribution in [2.24, 2.45) is 17.3 Å². The van der Waals surface area contributed by atoms with E-state index in [9.17, 15) is 0 Å². The average Bonchev–Trinajstić information content (AvgIpc) is 2.80. The van der Waals surface area contributed by atoms with Gasteiger partial charge in [0.1, 0.15) is 0 Å². The molecule has 2 fully saturated rings. The fourth-order valence-electron chi connectivity index (χ4n) is 6.39. The Bertz CT molecular complexity index is 424. The van der Waals surface area contributed by atoms with Crippen LogP contribution in [0.5, 0.6) is 0 Å². The largest absolute Gasteiger partial charge is 0.231 e. The molecule has 31 heavy (non-hydrogen) atoms. The molecule has 0 spiro atoms. The summed E-state index contributed by atoms with van der Waals surface area (Å²) in [5, 5.41) is 10.8. The van der Waals surface area contributed by atoms with Crippen molar-refractivity contribution in [3.8, 4) is 0 Å². The van der Waals surface area contributed by atoms with Gasteiger partial charge in [0, 0.05) is 0 Å². The Labute approximate surface area is 192 Å². The highest BCUT2D eigenvalue weighted by Gasteiger charge is 2.44. The summed E-state index contributed by atoms with van der Waals surface area (Å²) >= 11 is 0. The third-order valence-corrected chi connectivity index (χ3v) is 7.83. The number of hydrogen-bond acceptors (Lipinski definition) is 4. The number of unbranched alkanes of at least 4 members (excludes halogenated alkanes) is 6. The summed E-state index contributed by atoms with van der Waals surface area (Å²) in [5.74, 6) is 2.15. The lowest BCUT2D eigenvalue weighted by atomic mass is 9.55. The average molecular weight is 435 g/mol. The second-order valence-corrected chi connectivity index (χ2v) is 9.73. The molecular weight excluding hydrogens is 384 g/mol. The Kier molecular flexibility index (Phi) is 19.8. The highest BCUT2D eigenvalue weighted by Crippen LogP contribution is 2.54. The van der Waals surface area contributed by atoms with E-state index in [0.29, 0.717) is 0 Å². The molecule has 0 aromatic carbocycles. The Hall–Kier alpha value is -1.24. The van der Waals surface area contributed by atoms with Crippen LogP contribution in [0.1, 0.15) is 142 Å². The molecule has 0 radical (unpaired) electrons. The molecule has 2 aliphatic carbocycles. The van der Waals surface area contributed by atoms with Crippen molar-refractivity contribution in [3.63, 3.8) is 0 Å². The first kappa shape index (κ1) is 29.8. The van der Waals surface area contributed by atoms with Gasteiger partial charge in [0.2, 0.25) is 12.2 Å². The molecule has 2 rings (SSSR count). The Morgan fingerprint density at radius 3 is 1.23 bits per heavy atom. The lowest BCUT2D eigenvalue weighted by Gasteiger charge is -2.50. The molecule has 4 heteroatoms. The first-order valence-corrected chi connectivity index (χ1v) is 13.2. The van der Waals surface area contributed by atoms with Gasteiger partial charge in [-0.05, 0) is 55.8 Å². The maximum absolute atomic E-state index is 8.35. The van der Waals surface area contributed by atoms with Gasteiger partial charge in [0.05, 0.1) is 0 Å². The molecule has 2 aliphatic rings. The van der Waals surface area contributed by atoms with Gasteiger partial charge in [-0.2, -0.15) is 0 Å². The van der Waals surface area contributed by atoms with Crippen LogP contribution in [0.3, 0.4) is 0 Å². The molecule has 0 aromatic rings. The van der Waals surface area contributed by atoms with Crippen LogP contribution < -0.4 is 0 Å². The van der Waals surface area contributed by atoms with Crippen molar-refractivity contribution in [3.05, 3.63) is 0 Å². The van der Waals surface area contributed by atoms with Gasteiger partial charge in [0.25, 0.3) is 0 Å². The maximum atomic E-state index is 8.35. The predicted molar refractivity (Wildman–Crippen MR) is 130 cm³/mol. The highest BCUT2D eigenvalue weighted by atomic mass is 16.1. The van der Waals surface area contributed by atoms with Gasteiger partial charge in [-0.25, -0.2) is 20.4 Å². The minimum atomic E-state index is 0.738. The zero-order valence-corrected chi connectivity index (χ0v) is 20.6. The molecule has 0 amide bonds. The maximum Gasteiger partial charge on any atom is 0.231 e. The number of carbonyl (C=O) groups excluding carboxylic acids is 2. The number of hydrogen-bond donors (Lipinski definition) is 2. The van der Waals surface area contributed by atoms with Gasteiger partial charge in [0.15, 0.2) is 0 Å². The van der Waals surface area contributed by atoms with E-state index >= 15 is 0 Å². The molecule has 0 heterocycles. The summed E-state index contributed by atoms with van der Waals surface area (Å²) in [6, 6.07) is 0. The van der Waals surface area contributed by atoms with Gasteiger partial charge in [-0.15, -0.1) is 0 Å². The van der Waals surface area contributed by atoms with Crippen LogP contribution in [0.4, 0.5) is 0 Å². The minimum absolute atomic E-state index is 0.738. The summed E-state index contributed by atoms with van der Waals surface area (Å²) in [5.41, 5.74) is 0.738. The van der Waals surface area contributed by atoms with Crippen molar-refractivity contribution < 1.29 is 9.59 Å². The molecule has 2 saturated carbocycles. The van der Waals surface area contributed by atoms with E-state index in [-0.39, 0.29) is 0 Å². The van der Waals surface area contributed by atoms with Crippen LogP contribution >= 0.6 is 0 Å². The van der Waals surface area contributed by atoms with E-state index in [1.165, 1.54) is 89.9 Å². The molecular formula is C27H50N2O2. The lowest BCUT2D eigenvalue weighted by molar-refractivity contribution is 0.000195. The van der Waals surface area contributed by atoms with Crippen molar-refractivity contribution in [2.75, 3.05) is 0 Å². The minimum Gasteiger partial charge on any atom is -0.222 e. The molecule has 180 valence electrons. The van der Waals surface area contributed by atoms with Crippen LogP contribution in [0.2, 0.25) is 0 Å². The van der Waals surface area contributed by atoms with Crippen LogP contribution in [0.25, 0.3) is 0 Å². The van der Waals surface area contributed by atoms with Crippen molar-refractivity contribution in [2.45, 2.75) is 142 Å². The van der Waals surface area contributed by atoms with E-state index in [4.69, 9.17) is 20.4 Å². The standard InChI is InChI=1S/C25H48.2CHNO/c1-3-5-7-15-21-25(22-16-8-6-4-2,23-17-11-9-12-18-23)24-19-13-10-14-20-24;2*2-1-3/h23-24H,3-22H2,1-2H3;2*2H. The van der Waals surface area contributed by atoms with Gasteiger partial charge < -0.3 is 0 Å². The third-order valence-electron chi connectivity index (χ3n) is 7.83. The Morgan fingerprint density at radius 1 is 0.613 bits per heavy atom. The van der Waals surface area contributed by atoms with Crippen molar-refractivity contribution >= 4 is 12.2 Å². The van der Waals surface area contributed by atoms with Crippen LogP contribution in [0.15, 0.2) is 0 Å². The van der Waals surface area contributed by atoms with E-state index in [1.807, 2.05) is 0 Å². The summed E-state index contributed by atoms with van der Waals surface area (Å²) in [6.45, 7) is 4.72. The summed E-state index contributed by atoms with van der Waals surface area (Å²) in [6.07, 6.45) is 31.8. The molecule has 0 aromatic heterocycles. The van der Waals surface area contributed by atoms with E-state index < -0.39 is 0 Å². The number of nitrogens with one attached hydrogen (secondary N) is 2. The third kappa shape index (κ3) is 12.4. The van der Waals surface area contributed by atoms with Crippen LogP contribution in [0, 0.1) is 28.1 Å². The fourth-order valence-corrected chi connectivity index (χ4v) is 6.39. The second-order valence-electron chi connectivity index (χ2n) is 9.73. The normalized spacial score (nSPS) is 17.4. The van der Waals surface area contributed by atoms with Gasteiger partial charge in [-0.3, -0.25) is 0 Å². The van der Waals surface area contributed by atoms with E-state index in [1.54, 1.807) is 38.5 Å². The van der Waals surface area contributed by atoms with E-state index in [2.05, 4.69) is 13.8 Å². The van der Waals surface area contributed by atoms with E-state index in [0.717, 1.165) is 29.4 Å². The number of rotatable bonds is 12. The molecule has 0 saturated heterocycles. The Balaban J connectivity index is 0.00000134. The monoisotopic (exact) mass is 434 g/mol. The van der Waals surface area contributed by atoms with Crippen LogP contribution in [-0.4, -0.2) is 12.2 Å². The molecule has 0 aliphatic heterocycles. The Morgan fingerprint density at radius 2 is 0.935 bits per heavy atom. The first-order chi connectivity index (χ1) is 15.2. The smallest absolute Gasteiger partial charge is 0.222 e. The molecule has 0 bridgehead atoms. The summed E-state index contributed by atoms with van der Waals surface area (Å²) < 4.78 is 0. The molecule has 4 nitrogen and oxygen atoms in total. The van der Waals surface area contributed by atoms with Gasteiger partial charge in [-0.1, -0.05) is 104 Å². The fraction of sp³-hybridized carbons (Fsp3) is 0.926. The SMILES string of the molecule is CCCCCCC(CCCCCC)(C1CCCCC1)C1CCCCC1.N=C=O.N=C=O. The quantitative estimate of drug-likeness (QED) is 0.183. The molecule has 0 unspecified atom stereocenters. The number of isocyanates is 2. The summed E-state index contributed by atoms with van der Waals surface area (Å²) in [4.78, 5) is 16.7. The first-order valence-electron chi connectivity index (χ1n) is 13.2. The molecule has 2 N–H and O–H groups in total. The van der Waals surface area contributed by atoms with Crippen LogP contribution in [-0.2, 0) is 9.59 Å². The zero-order valence-electron chi connectivity index (χ0n) is 20.6. The highest BCUT2D eigenvalue weighted by molar-refractivity contribution is 5.26. The second kappa shape index (κ2) is 20.7. The lowest BCUT2D eigenvalue weighted by Crippen LogP contribution is -2.40. The van der Waals surface area contributed by atoms with Crippen molar-refractivity contribution in [1.82, 2.24) is 0 Å². The zero-order chi connectivity index (χ0) is 23.2. The van der Waals surface area contributed by atoms with Gasteiger partial charge >= 0.3 is 0 Å². The predicted octanol–water partition coefficient (Wildman–Crippen LogP) is 8.88. The molecule has 0 atom stereocenters. The summed E-state index contributed by atoms with van der Waals surface area (Å²) in [7, 11) is 0. The topological polar surface area (TPSA) is 81.8 Å². The van der Waals surface area contributed by atoms with Crippen molar-refractivity contribution in [1.29, 1.82) is 10.8 Å².